The Labute approximate surface area is 121 Å². The van der Waals surface area contributed by atoms with Crippen LogP contribution in [0.5, 0.6) is 5.75 Å². The molecule has 0 radical (unpaired) electrons. The maximum absolute atomic E-state index is 10.9. The lowest BCUT2D eigenvalue weighted by Crippen LogP contribution is -2.37. The number of carbonyl (C=O) groups is 1. The molecule has 1 aliphatic rings. The van der Waals surface area contributed by atoms with Crippen LogP contribution >= 0.6 is 15.9 Å². The number of benzene rings is 1. The van der Waals surface area contributed by atoms with Gasteiger partial charge in [-0.2, -0.15) is 0 Å². The number of morpholine rings is 1. The van der Waals surface area contributed by atoms with Gasteiger partial charge in [-0.3, -0.25) is 9.69 Å². The Morgan fingerprint density at radius 2 is 2.16 bits per heavy atom. The SMILES string of the molecule is O=Cc1cc(Br)ccc1OCCCN1CCOCC1. The minimum atomic E-state index is 0.584. The zero-order valence-electron chi connectivity index (χ0n) is 10.8. The van der Waals surface area contributed by atoms with Crippen LogP contribution in [0.1, 0.15) is 16.8 Å². The lowest BCUT2D eigenvalue weighted by molar-refractivity contribution is 0.0358. The highest BCUT2D eigenvalue weighted by Gasteiger charge is 2.09. The summed E-state index contributed by atoms with van der Waals surface area (Å²) >= 11 is 3.34. The Bertz CT molecular complexity index is 419. The topological polar surface area (TPSA) is 38.8 Å². The van der Waals surface area contributed by atoms with Crippen molar-refractivity contribution in [3.8, 4) is 5.75 Å². The minimum Gasteiger partial charge on any atom is -0.493 e. The van der Waals surface area contributed by atoms with Gasteiger partial charge in [0.15, 0.2) is 6.29 Å². The Kier molecular flexibility index (Phi) is 5.82. The number of rotatable bonds is 6. The van der Waals surface area contributed by atoms with Gasteiger partial charge < -0.3 is 9.47 Å². The number of hydrogen-bond acceptors (Lipinski definition) is 4. The van der Waals surface area contributed by atoms with Crippen molar-refractivity contribution in [3.05, 3.63) is 28.2 Å². The van der Waals surface area contributed by atoms with Crippen molar-refractivity contribution in [2.45, 2.75) is 6.42 Å². The fourth-order valence-corrected chi connectivity index (χ4v) is 2.42. The van der Waals surface area contributed by atoms with Crippen LogP contribution in [0, 0.1) is 0 Å². The number of carbonyl (C=O) groups excluding carboxylic acids is 1. The fourth-order valence-electron chi connectivity index (χ4n) is 2.04. The highest BCUT2D eigenvalue weighted by molar-refractivity contribution is 9.10. The number of nitrogens with zero attached hydrogens (tertiary/aromatic N) is 1. The van der Waals surface area contributed by atoms with Gasteiger partial charge in [0.1, 0.15) is 5.75 Å². The van der Waals surface area contributed by atoms with Gasteiger partial charge in [-0.05, 0) is 24.6 Å². The summed E-state index contributed by atoms with van der Waals surface area (Å²) in [6.07, 6.45) is 1.77. The van der Waals surface area contributed by atoms with E-state index in [1.807, 2.05) is 12.1 Å². The molecule has 0 N–H and O–H groups in total. The van der Waals surface area contributed by atoms with E-state index in [1.54, 1.807) is 6.07 Å². The number of ether oxygens (including phenoxy) is 2. The molecule has 1 heterocycles. The van der Waals surface area contributed by atoms with Gasteiger partial charge in [0.05, 0.1) is 25.4 Å². The highest BCUT2D eigenvalue weighted by Crippen LogP contribution is 2.21. The molecule has 1 saturated heterocycles. The van der Waals surface area contributed by atoms with E-state index < -0.39 is 0 Å². The molecule has 0 aliphatic carbocycles. The average molecular weight is 328 g/mol. The van der Waals surface area contributed by atoms with E-state index in [4.69, 9.17) is 9.47 Å². The molecule has 104 valence electrons. The van der Waals surface area contributed by atoms with Crippen LogP contribution in [0.25, 0.3) is 0 Å². The zero-order chi connectivity index (χ0) is 13.5. The van der Waals surface area contributed by atoms with Crippen molar-refractivity contribution >= 4 is 22.2 Å². The molecule has 1 aromatic carbocycles. The fraction of sp³-hybridized carbons (Fsp3) is 0.500. The molecule has 0 atom stereocenters. The molecule has 1 fully saturated rings. The Morgan fingerprint density at radius 1 is 1.37 bits per heavy atom. The second-order valence-electron chi connectivity index (χ2n) is 4.46. The third kappa shape index (κ3) is 4.60. The van der Waals surface area contributed by atoms with Crippen LogP contribution in [0.4, 0.5) is 0 Å². The van der Waals surface area contributed by atoms with Gasteiger partial charge >= 0.3 is 0 Å². The van der Waals surface area contributed by atoms with Crippen LogP contribution in [0.2, 0.25) is 0 Å². The standard InChI is InChI=1S/C14H18BrNO3/c15-13-2-3-14(12(10-13)11-17)19-7-1-4-16-5-8-18-9-6-16/h2-3,10-11H,1,4-9H2. The molecule has 5 heteroatoms. The smallest absolute Gasteiger partial charge is 0.153 e. The van der Waals surface area contributed by atoms with Crippen molar-refractivity contribution in [1.82, 2.24) is 4.90 Å². The molecule has 0 saturated carbocycles. The third-order valence-corrected chi connectivity index (χ3v) is 3.57. The number of halogens is 1. The molecule has 0 unspecified atom stereocenters. The van der Waals surface area contributed by atoms with E-state index in [-0.39, 0.29) is 0 Å². The molecular formula is C14H18BrNO3. The summed E-state index contributed by atoms with van der Waals surface area (Å²) in [7, 11) is 0. The maximum Gasteiger partial charge on any atom is 0.153 e. The van der Waals surface area contributed by atoms with Crippen molar-refractivity contribution in [3.63, 3.8) is 0 Å². The van der Waals surface area contributed by atoms with Crippen LogP contribution in [0.15, 0.2) is 22.7 Å². The van der Waals surface area contributed by atoms with Gasteiger partial charge in [0, 0.05) is 24.1 Å². The van der Waals surface area contributed by atoms with E-state index in [2.05, 4.69) is 20.8 Å². The van der Waals surface area contributed by atoms with Gasteiger partial charge in [-0.1, -0.05) is 15.9 Å². The van der Waals surface area contributed by atoms with E-state index in [9.17, 15) is 4.79 Å². The van der Waals surface area contributed by atoms with Gasteiger partial charge in [-0.25, -0.2) is 0 Å². The lowest BCUT2D eigenvalue weighted by Gasteiger charge is -2.26. The first-order chi connectivity index (χ1) is 9.29. The summed E-state index contributed by atoms with van der Waals surface area (Å²) in [5, 5.41) is 0. The molecule has 0 bridgehead atoms. The minimum absolute atomic E-state index is 0.584. The quantitative estimate of drug-likeness (QED) is 0.594. The van der Waals surface area contributed by atoms with Crippen LogP contribution < -0.4 is 4.74 Å². The summed E-state index contributed by atoms with van der Waals surface area (Å²) < 4.78 is 11.8. The molecule has 1 aliphatic heterocycles. The molecule has 0 amide bonds. The zero-order valence-corrected chi connectivity index (χ0v) is 12.4. The largest absolute Gasteiger partial charge is 0.493 e. The monoisotopic (exact) mass is 327 g/mol. The summed E-state index contributed by atoms with van der Waals surface area (Å²) in [5.41, 5.74) is 0.584. The van der Waals surface area contributed by atoms with E-state index in [0.29, 0.717) is 17.9 Å². The normalized spacial score (nSPS) is 16.3. The molecule has 19 heavy (non-hydrogen) atoms. The summed E-state index contributed by atoms with van der Waals surface area (Å²) in [6, 6.07) is 5.47. The predicted octanol–water partition coefficient (Wildman–Crippen LogP) is 2.36. The van der Waals surface area contributed by atoms with E-state index >= 15 is 0 Å². The van der Waals surface area contributed by atoms with Gasteiger partial charge in [0.25, 0.3) is 0 Å². The second kappa shape index (κ2) is 7.62. The van der Waals surface area contributed by atoms with Gasteiger partial charge in [-0.15, -0.1) is 0 Å². The molecule has 1 aromatic rings. The maximum atomic E-state index is 10.9. The third-order valence-electron chi connectivity index (χ3n) is 3.08. The van der Waals surface area contributed by atoms with Crippen molar-refractivity contribution < 1.29 is 14.3 Å². The van der Waals surface area contributed by atoms with Gasteiger partial charge in [0.2, 0.25) is 0 Å². The summed E-state index contributed by atoms with van der Waals surface area (Å²) in [5.74, 6) is 0.653. The summed E-state index contributed by atoms with van der Waals surface area (Å²) in [4.78, 5) is 13.3. The van der Waals surface area contributed by atoms with Crippen molar-refractivity contribution in [2.24, 2.45) is 0 Å². The number of hydrogen-bond donors (Lipinski definition) is 0. The lowest BCUT2D eigenvalue weighted by atomic mass is 10.2. The number of aldehydes is 1. The van der Waals surface area contributed by atoms with Crippen molar-refractivity contribution in [1.29, 1.82) is 0 Å². The molecule has 0 aromatic heterocycles. The van der Waals surface area contributed by atoms with Crippen LogP contribution in [0.3, 0.4) is 0 Å². The van der Waals surface area contributed by atoms with Crippen LogP contribution in [-0.4, -0.2) is 50.6 Å². The molecule has 0 spiro atoms. The van der Waals surface area contributed by atoms with E-state index in [1.165, 1.54) is 0 Å². The molecule has 4 nitrogen and oxygen atoms in total. The molecular weight excluding hydrogens is 310 g/mol. The predicted molar refractivity (Wildman–Crippen MR) is 76.9 cm³/mol. The van der Waals surface area contributed by atoms with Crippen molar-refractivity contribution in [2.75, 3.05) is 39.5 Å². The molecule has 2 rings (SSSR count). The van der Waals surface area contributed by atoms with E-state index in [0.717, 1.165) is 50.0 Å². The average Bonchev–Trinajstić information content (AvgIpc) is 2.46. The highest BCUT2D eigenvalue weighted by atomic mass is 79.9. The van der Waals surface area contributed by atoms with Crippen LogP contribution in [-0.2, 0) is 4.74 Å². The summed E-state index contributed by atoms with van der Waals surface area (Å²) in [6.45, 7) is 5.28. The Hall–Kier alpha value is -0.910. The Balaban J connectivity index is 1.74. The first kappa shape index (κ1) is 14.5. The first-order valence-electron chi connectivity index (χ1n) is 6.47. The second-order valence-corrected chi connectivity index (χ2v) is 5.37. The Morgan fingerprint density at radius 3 is 2.89 bits per heavy atom. The first-order valence-corrected chi connectivity index (χ1v) is 7.26.